The summed E-state index contributed by atoms with van der Waals surface area (Å²) >= 11 is 0. The first-order valence-electron chi connectivity index (χ1n) is 6.64. The second-order valence-corrected chi connectivity index (χ2v) is 5.53. The Morgan fingerprint density at radius 3 is 2.12 bits per heavy atom. The van der Waals surface area contributed by atoms with Crippen molar-refractivity contribution in [1.29, 1.82) is 0 Å². The van der Waals surface area contributed by atoms with Crippen molar-refractivity contribution >= 4 is 0 Å². The van der Waals surface area contributed by atoms with E-state index in [-0.39, 0.29) is 0 Å². The zero-order valence-electron chi connectivity index (χ0n) is 11.5. The molecule has 16 heavy (non-hydrogen) atoms. The first-order valence-corrected chi connectivity index (χ1v) is 6.64. The molecule has 0 aromatic heterocycles. The molecule has 0 N–H and O–H groups in total. The molecule has 0 heteroatoms. The Kier molecular flexibility index (Phi) is 5.05. The van der Waals surface area contributed by atoms with Crippen molar-refractivity contribution in [2.24, 2.45) is 11.8 Å². The molecule has 0 saturated carbocycles. The van der Waals surface area contributed by atoms with E-state index in [1.807, 2.05) is 0 Å². The third-order valence-corrected chi connectivity index (χ3v) is 3.37. The van der Waals surface area contributed by atoms with Gasteiger partial charge in [-0.3, -0.25) is 0 Å². The highest BCUT2D eigenvalue weighted by Gasteiger charge is 2.19. The molecule has 0 spiro atoms. The van der Waals surface area contributed by atoms with Gasteiger partial charge >= 0.3 is 0 Å². The number of hydrogen-bond donors (Lipinski definition) is 0. The summed E-state index contributed by atoms with van der Waals surface area (Å²) in [5, 5.41) is 0. The number of rotatable bonds is 5. The van der Waals surface area contributed by atoms with Gasteiger partial charge in [-0.25, -0.2) is 0 Å². The number of aryl methyl sites for hydroxylation is 1. The predicted octanol–water partition coefficient (Wildman–Crippen LogP) is 5.03. The Balaban J connectivity index is 3.00. The third-order valence-electron chi connectivity index (χ3n) is 3.37. The molecule has 1 aromatic carbocycles. The average molecular weight is 218 g/mol. The lowest BCUT2D eigenvalue weighted by Crippen LogP contribution is -2.12. The van der Waals surface area contributed by atoms with E-state index < -0.39 is 0 Å². The van der Waals surface area contributed by atoms with Crippen molar-refractivity contribution in [3.05, 3.63) is 35.4 Å². The highest BCUT2D eigenvalue weighted by atomic mass is 14.2. The maximum Gasteiger partial charge on any atom is -0.0134 e. The van der Waals surface area contributed by atoms with E-state index in [9.17, 15) is 0 Å². The molecule has 1 rings (SSSR count). The van der Waals surface area contributed by atoms with E-state index in [0.29, 0.717) is 0 Å². The van der Waals surface area contributed by atoms with E-state index in [1.54, 1.807) is 5.56 Å². The van der Waals surface area contributed by atoms with Gasteiger partial charge in [0.25, 0.3) is 0 Å². The predicted molar refractivity (Wildman–Crippen MR) is 72.9 cm³/mol. The van der Waals surface area contributed by atoms with E-state index in [1.165, 1.54) is 12.0 Å². The summed E-state index contributed by atoms with van der Waals surface area (Å²) in [4.78, 5) is 0. The van der Waals surface area contributed by atoms with Crippen LogP contribution in [0.3, 0.4) is 0 Å². The molecule has 1 unspecified atom stereocenters. The lowest BCUT2D eigenvalue weighted by molar-refractivity contribution is 0.406. The largest absolute Gasteiger partial charge is 0.0628 e. The Morgan fingerprint density at radius 1 is 1.00 bits per heavy atom. The minimum atomic E-state index is 0.719. The van der Waals surface area contributed by atoms with Gasteiger partial charge in [0.1, 0.15) is 0 Å². The highest BCUT2D eigenvalue weighted by Crippen LogP contribution is 2.33. The molecule has 1 aromatic rings. The topological polar surface area (TPSA) is 0 Å². The molecule has 0 aliphatic heterocycles. The molecule has 0 nitrogen and oxygen atoms in total. The zero-order chi connectivity index (χ0) is 12.1. The smallest absolute Gasteiger partial charge is 0.0134 e. The summed E-state index contributed by atoms with van der Waals surface area (Å²) in [5.41, 5.74) is 3.11. The molecule has 0 aliphatic carbocycles. The molecule has 90 valence electrons. The molecule has 1 atom stereocenters. The van der Waals surface area contributed by atoms with Crippen LogP contribution in [0.15, 0.2) is 24.3 Å². The summed E-state index contributed by atoms with van der Waals surface area (Å²) in [7, 11) is 0. The first kappa shape index (κ1) is 13.3. The molecule has 0 bridgehead atoms. The summed E-state index contributed by atoms with van der Waals surface area (Å²) in [6.07, 6.45) is 2.45. The second kappa shape index (κ2) is 6.08. The summed E-state index contributed by atoms with van der Waals surface area (Å²) in [6.45, 7) is 11.6. The third kappa shape index (κ3) is 3.37. The molecule has 0 aliphatic rings. The van der Waals surface area contributed by atoms with Crippen molar-refractivity contribution in [3.63, 3.8) is 0 Å². The van der Waals surface area contributed by atoms with Gasteiger partial charge in [0.05, 0.1) is 0 Å². The van der Waals surface area contributed by atoms with Gasteiger partial charge in [0, 0.05) is 0 Å². The van der Waals surface area contributed by atoms with Crippen LogP contribution in [-0.2, 0) is 6.42 Å². The summed E-state index contributed by atoms with van der Waals surface area (Å²) in [5.74, 6) is 2.23. The average Bonchev–Trinajstić information content (AvgIpc) is 2.25. The van der Waals surface area contributed by atoms with Crippen LogP contribution < -0.4 is 0 Å². The van der Waals surface area contributed by atoms with Crippen LogP contribution in [0.25, 0.3) is 0 Å². The monoisotopic (exact) mass is 218 g/mol. The standard InChI is InChI=1S/C16H26/c1-6-14-9-7-8-10-15(14)16(13(4)5)11-12(2)3/h7-10,12-13,16H,6,11H2,1-5H3. The molecule has 0 heterocycles. The lowest BCUT2D eigenvalue weighted by atomic mass is 9.80. The van der Waals surface area contributed by atoms with Crippen LogP contribution in [0.2, 0.25) is 0 Å². The highest BCUT2D eigenvalue weighted by molar-refractivity contribution is 5.30. The van der Waals surface area contributed by atoms with Gasteiger partial charge in [-0.05, 0) is 41.7 Å². The number of hydrogen-bond acceptors (Lipinski definition) is 0. The maximum absolute atomic E-state index is 2.35. The van der Waals surface area contributed by atoms with E-state index >= 15 is 0 Å². The van der Waals surface area contributed by atoms with E-state index in [4.69, 9.17) is 0 Å². The van der Waals surface area contributed by atoms with Crippen LogP contribution in [0.1, 0.15) is 58.1 Å². The molecular formula is C16H26. The quantitative estimate of drug-likeness (QED) is 0.650. The van der Waals surface area contributed by atoms with Crippen LogP contribution in [-0.4, -0.2) is 0 Å². The molecule has 0 radical (unpaired) electrons. The van der Waals surface area contributed by atoms with Crippen molar-refractivity contribution < 1.29 is 0 Å². The van der Waals surface area contributed by atoms with Crippen LogP contribution in [0.4, 0.5) is 0 Å². The van der Waals surface area contributed by atoms with Crippen LogP contribution in [0, 0.1) is 11.8 Å². The van der Waals surface area contributed by atoms with Gasteiger partial charge < -0.3 is 0 Å². The Bertz CT molecular complexity index is 310. The minimum Gasteiger partial charge on any atom is -0.0628 e. The fourth-order valence-electron chi connectivity index (χ4n) is 2.48. The number of benzene rings is 1. The maximum atomic E-state index is 2.35. The van der Waals surface area contributed by atoms with E-state index in [2.05, 4.69) is 58.9 Å². The van der Waals surface area contributed by atoms with Crippen LogP contribution >= 0.6 is 0 Å². The van der Waals surface area contributed by atoms with Crippen LogP contribution in [0.5, 0.6) is 0 Å². The zero-order valence-corrected chi connectivity index (χ0v) is 11.5. The Hall–Kier alpha value is -0.780. The SMILES string of the molecule is CCc1ccccc1C(CC(C)C)C(C)C. The minimum absolute atomic E-state index is 0.719. The van der Waals surface area contributed by atoms with Gasteiger partial charge in [-0.2, -0.15) is 0 Å². The summed E-state index contributed by atoms with van der Waals surface area (Å²) in [6, 6.07) is 8.95. The summed E-state index contributed by atoms with van der Waals surface area (Å²) < 4.78 is 0. The van der Waals surface area contributed by atoms with Gasteiger partial charge in [0.15, 0.2) is 0 Å². The molecule has 0 fully saturated rings. The van der Waals surface area contributed by atoms with Crippen molar-refractivity contribution in [3.8, 4) is 0 Å². The van der Waals surface area contributed by atoms with Crippen molar-refractivity contribution in [1.82, 2.24) is 0 Å². The molecule has 0 saturated heterocycles. The fourth-order valence-corrected chi connectivity index (χ4v) is 2.48. The van der Waals surface area contributed by atoms with Gasteiger partial charge in [-0.15, -0.1) is 0 Å². The van der Waals surface area contributed by atoms with Crippen molar-refractivity contribution in [2.75, 3.05) is 0 Å². The van der Waals surface area contributed by atoms with E-state index in [0.717, 1.165) is 24.2 Å². The van der Waals surface area contributed by atoms with Crippen molar-refractivity contribution in [2.45, 2.75) is 53.4 Å². The Morgan fingerprint density at radius 2 is 1.62 bits per heavy atom. The van der Waals surface area contributed by atoms with Gasteiger partial charge in [0.2, 0.25) is 0 Å². The first-order chi connectivity index (χ1) is 7.56. The Labute approximate surface area is 101 Å². The second-order valence-electron chi connectivity index (χ2n) is 5.53. The normalized spacial score (nSPS) is 13.4. The molecular weight excluding hydrogens is 192 g/mol. The fraction of sp³-hybridized carbons (Fsp3) is 0.625. The molecule has 0 amide bonds. The lowest BCUT2D eigenvalue weighted by Gasteiger charge is -2.25. The van der Waals surface area contributed by atoms with Gasteiger partial charge in [-0.1, -0.05) is 58.9 Å².